The fraction of sp³-hybridized carbons (Fsp3) is 0.391. The Morgan fingerprint density at radius 1 is 1.20 bits per heavy atom. The minimum atomic E-state index is 0. The molecule has 160 valence electrons. The molecule has 2 aromatic heterocycles. The van der Waals surface area contributed by atoms with E-state index in [0.717, 1.165) is 67.4 Å². The van der Waals surface area contributed by atoms with Crippen molar-refractivity contribution in [1.82, 2.24) is 15.6 Å². The smallest absolute Gasteiger partial charge is 0.191 e. The number of nitrogens with zero attached hydrogens (tertiary/aromatic N) is 3. The van der Waals surface area contributed by atoms with E-state index in [1.807, 2.05) is 31.4 Å². The summed E-state index contributed by atoms with van der Waals surface area (Å²) < 4.78 is 5.88. The van der Waals surface area contributed by atoms with Gasteiger partial charge in [-0.2, -0.15) is 0 Å². The van der Waals surface area contributed by atoms with Gasteiger partial charge in [-0.1, -0.05) is 24.3 Å². The van der Waals surface area contributed by atoms with Crippen LogP contribution in [0.15, 0.2) is 58.1 Å². The molecule has 1 aliphatic rings. The second-order valence-corrected chi connectivity index (χ2v) is 7.60. The van der Waals surface area contributed by atoms with E-state index in [-0.39, 0.29) is 24.0 Å². The largest absolute Gasteiger partial charge is 0.461 e. The number of fused-ring (bicyclic) bond motifs is 1. The Bertz CT molecular complexity index is 928. The fourth-order valence-corrected chi connectivity index (χ4v) is 3.75. The molecule has 1 saturated heterocycles. The lowest BCUT2D eigenvalue weighted by Crippen LogP contribution is -2.49. The third-order valence-corrected chi connectivity index (χ3v) is 5.42. The number of aliphatic imine (C=N–C) groups is 1. The highest BCUT2D eigenvalue weighted by molar-refractivity contribution is 14.0. The van der Waals surface area contributed by atoms with Crippen LogP contribution in [0.5, 0.6) is 0 Å². The maximum Gasteiger partial charge on any atom is 0.191 e. The van der Waals surface area contributed by atoms with Gasteiger partial charge in [0.2, 0.25) is 0 Å². The molecule has 0 bridgehead atoms. The number of halogens is 1. The number of pyridine rings is 1. The van der Waals surface area contributed by atoms with Crippen LogP contribution in [-0.4, -0.2) is 43.7 Å². The predicted octanol–water partition coefficient (Wildman–Crippen LogP) is 4.13. The summed E-state index contributed by atoms with van der Waals surface area (Å²) in [5.74, 6) is 2.92. The van der Waals surface area contributed by atoms with Crippen LogP contribution >= 0.6 is 24.0 Å². The summed E-state index contributed by atoms with van der Waals surface area (Å²) in [5.41, 5.74) is 2.14. The van der Waals surface area contributed by atoms with E-state index in [4.69, 9.17) is 4.42 Å². The average Bonchev–Trinajstić information content (AvgIpc) is 3.17. The number of anilines is 1. The molecule has 1 fully saturated rings. The molecular formula is C23H30IN5O. The number of guanidine groups is 1. The number of para-hydroxylation sites is 1. The monoisotopic (exact) mass is 519 g/mol. The highest BCUT2D eigenvalue weighted by Crippen LogP contribution is 2.19. The Morgan fingerprint density at radius 2 is 2.00 bits per heavy atom. The molecule has 0 spiro atoms. The summed E-state index contributed by atoms with van der Waals surface area (Å²) in [5, 5.41) is 8.13. The van der Waals surface area contributed by atoms with Gasteiger partial charge < -0.3 is 20.0 Å². The molecule has 2 N–H and O–H groups in total. The molecule has 1 aliphatic heterocycles. The summed E-state index contributed by atoms with van der Waals surface area (Å²) in [6, 6.07) is 14.9. The molecule has 0 unspecified atom stereocenters. The van der Waals surface area contributed by atoms with Crippen molar-refractivity contribution in [1.29, 1.82) is 0 Å². The minimum Gasteiger partial charge on any atom is -0.461 e. The Morgan fingerprint density at radius 3 is 2.70 bits per heavy atom. The SMILES string of the molecule is CN=C(NCCc1cc2ccccc2o1)NC1CCN(c2ccc(C)cn2)CC1.I. The Hall–Kier alpha value is -2.29. The number of benzene rings is 1. The van der Waals surface area contributed by atoms with Gasteiger partial charge in [0.15, 0.2) is 5.96 Å². The van der Waals surface area contributed by atoms with Gasteiger partial charge in [0.05, 0.1) is 0 Å². The van der Waals surface area contributed by atoms with Crippen molar-refractivity contribution >= 4 is 46.7 Å². The van der Waals surface area contributed by atoms with Gasteiger partial charge in [-0.25, -0.2) is 4.98 Å². The van der Waals surface area contributed by atoms with E-state index in [2.05, 4.69) is 56.7 Å². The van der Waals surface area contributed by atoms with Crippen molar-refractivity contribution in [3.05, 3.63) is 60.0 Å². The second-order valence-electron chi connectivity index (χ2n) is 7.60. The molecule has 0 aliphatic carbocycles. The van der Waals surface area contributed by atoms with Crippen LogP contribution in [0.25, 0.3) is 11.0 Å². The van der Waals surface area contributed by atoms with Crippen molar-refractivity contribution in [2.24, 2.45) is 4.99 Å². The molecule has 0 saturated carbocycles. The summed E-state index contributed by atoms with van der Waals surface area (Å²) in [7, 11) is 1.82. The summed E-state index contributed by atoms with van der Waals surface area (Å²) in [6.45, 7) is 4.86. The third kappa shape index (κ3) is 5.65. The molecule has 1 aromatic carbocycles. The van der Waals surface area contributed by atoms with Crippen molar-refractivity contribution in [3.8, 4) is 0 Å². The quantitative estimate of drug-likeness (QED) is 0.302. The summed E-state index contributed by atoms with van der Waals surface area (Å²) in [4.78, 5) is 11.3. The Balaban J connectivity index is 0.00000256. The molecule has 7 heteroatoms. The van der Waals surface area contributed by atoms with Crippen molar-refractivity contribution < 1.29 is 4.42 Å². The first-order chi connectivity index (χ1) is 14.2. The number of aromatic nitrogens is 1. The maximum absolute atomic E-state index is 5.88. The normalized spacial score (nSPS) is 15.1. The number of piperidine rings is 1. The standard InChI is InChI=1S/C23H29N5O.HI/c1-17-7-8-22(26-16-17)28-13-10-19(11-14-28)27-23(24-2)25-12-9-20-15-18-5-3-4-6-21(18)29-20;/h3-8,15-16,19H,9-14H2,1-2H3,(H2,24,25,27);1H. The number of furan rings is 1. The zero-order valence-electron chi connectivity index (χ0n) is 17.6. The van der Waals surface area contributed by atoms with Crippen LogP contribution < -0.4 is 15.5 Å². The number of nitrogens with one attached hydrogen (secondary N) is 2. The van der Waals surface area contributed by atoms with E-state index in [9.17, 15) is 0 Å². The molecule has 3 aromatic rings. The molecule has 3 heterocycles. The summed E-state index contributed by atoms with van der Waals surface area (Å²) >= 11 is 0. The third-order valence-electron chi connectivity index (χ3n) is 5.42. The van der Waals surface area contributed by atoms with Crippen LogP contribution in [-0.2, 0) is 6.42 Å². The number of aryl methyl sites for hydroxylation is 1. The molecular weight excluding hydrogens is 489 g/mol. The molecule has 6 nitrogen and oxygen atoms in total. The van der Waals surface area contributed by atoms with Gasteiger partial charge in [0.1, 0.15) is 17.2 Å². The minimum absolute atomic E-state index is 0. The van der Waals surface area contributed by atoms with Gasteiger partial charge in [0.25, 0.3) is 0 Å². The first kappa shape index (κ1) is 22.4. The number of hydrogen-bond donors (Lipinski definition) is 2. The summed E-state index contributed by atoms with van der Waals surface area (Å²) in [6.07, 6.45) is 4.90. The van der Waals surface area contributed by atoms with Gasteiger partial charge in [0, 0.05) is 50.7 Å². The van der Waals surface area contributed by atoms with Crippen LogP contribution in [0.3, 0.4) is 0 Å². The number of rotatable bonds is 5. The fourth-order valence-electron chi connectivity index (χ4n) is 3.75. The van der Waals surface area contributed by atoms with Crippen molar-refractivity contribution in [2.75, 3.05) is 31.6 Å². The van der Waals surface area contributed by atoms with Crippen molar-refractivity contribution in [3.63, 3.8) is 0 Å². The van der Waals surface area contributed by atoms with Gasteiger partial charge in [-0.3, -0.25) is 4.99 Å². The topological polar surface area (TPSA) is 65.7 Å². The van der Waals surface area contributed by atoms with Crippen molar-refractivity contribution in [2.45, 2.75) is 32.2 Å². The van der Waals surface area contributed by atoms with Gasteiger partial charge >= 0.3 is 0 Å². The molecule has 0 amide bonds. The highest BCUT2D eigenvalue weighted by atomic mass is 127. The first-order valence-electron chi connectivity index (χ1n) is 10.3. The Labute approximate surface area is 195 Å². The lowest BCUT2D eigenvalue weighted by Gasteiger charge is -2.33. The van der Waals surface area contributed by atoms with Crippen LogP contribution in [0.4, 0.5) is 5.82 Å². The molecule has 0 radical (unpaired) electrons. The Kier molecular flexibility index (Phi) is 7.95. The first-order valence-corrected chi connectivity index (χ1v) is 10.3. The maximum atomic E-state index is 5.88. The lowest BCUT2D eigenvalue weighted by atomic mass is 10.1. The van der Waals surface area contributed by atoms with E-state index in [1.54, 1.807) is 0 Å². The molecule has 30 heavy (non-hydrogen) atoms. The van der Waals surface area contributed by atoms with Crippen LogP contribution in [0.2, 0.25) is 0 Å². The predicted molar refractivity (Wildman–Crippen MR) is 134 cm³/mol. The zero-order valence-corrected chi connectivity index (χ0v) is 19.9. The second kappa shape index (κ2) is 10.7. The van der Waals surface area contributed by atoms with E-state index >= 15 is 0 Å². The van der Waals surface area contributed by atoms with Crippen LogP contribution in [0, 0.1) is 6.92 Å². The van der Waals surface area contributed by atoms with Gasteiger partial charge in [-0.15, -0.1) is 24.0 Å². The average molecular weight is 519 g/mol. The lowest BCUT2D eigenvalue weighted by molar-refractivity contribution is 0.459. The molecule has 4 rings (SSSR count). The van der Waals surface area contributed by atoms with E-state index < -0.39 is 0 Å². The highest BCUT2D eigenvalue weighted by Gasteiger charge is 2.20. The van der Waals surface area contributed by atoms with Crippen LogP contribution in [0.1, 0.15) is 24.2 Å². The molecule has 0 atom stereocenters. The van der Waals surface area contributed by atoms with Gasteiger partial charge in [-0.05, 0) is 43.5 Å². The van der Waals surface area contributed by atoms with E-state index in [1.165, 1.54) is 5.56 Å². The number of hydrogen-bond acceptors (Lipinski definition) is 4. The zero-order chi connectivity index (χ0) is 20.1. The van der Waals surface area contributed by atoms with E-state index in [0.29, 0.717) is 6.04 Å².